The predicted molar refractivity (Wildman–Crippen MR) is 69.8 cm³/mol. The van der Waals surface area contributed by atoms with Crippen LogP contribution in [0.3, 0.4) is 0 Å². The van der Waals surface area contributed by atoms with E-state index in [0.717, 1.165) is 10.0 Å². The molecule has 0 bridgehead atoms. The highest BCUT2D eigenvalue weighted by molar-refractivity contribution is 9.10. The number of amides is 1. The van der Waals surface area contributed by atoms with Crippen LogP contribution in [0.1, 0.15) is 15.9 Å². The predicted octanol–water partition coefficient (Wildman–Crippen LogP) is 2.14. The van der Waals surface area contributed by atoms with E-state index in [1.165, 1.54) is 7.11 Å². The number of halogens is 1. The molecule has 1 aromatic carbocycles. The fraction of sp³-hybridized carbons (Fsp3) is 0.182. The Labute approximate surface area is 112 Å². The van der Waals surface area contributed by atoms with Gasteiger partial charge in [-0.15, -0.1) is 5.10 Å². The van der Waals surface area contributed by atoms with Gasteiger partial charge in [0.05, 0.1) is 7.11 Å². The Hall–Kier alpha value is -1.89. The molecule has 0 aliphatic heterocycles. The third-order valence-electron chi connectivity index (χ3n) is 2.31. The summed E-state index contributed by atoms with van der Waals surface area (Å²) in [6.45, 7) is 1.95. The Balaban J connectivity index is 2.14. The molecule has 1 aromatic heterocycles. The minimum atomic E-state index is -0.269. The first-order valence-corrected chi connectivity index (χ1v) is 5.93. The summed E-state index contributed by atoms with van der Waals surface area (Å²) >= 11 is 3.38. The Kier molecular flexibility index (Phi) is 3.61. The molecular weight excluding hydrogens is 300 g/mol. The van der Waals surface area contributed by atoms with Gasteiger partial charge in [-0.05, 0) is 24.6 Å². The molecule has 0 unspecified atom stereocenters. The molecule has 0 saturated carbocycles. The summed E-state index contributed by atoms with van der Waals surface area (Å²) in [7, 11) is 1.45. The number of ether oxygens (including phenoxy) is 1. The van der Waals surface area contributed by atoms with Crippen molar-refractivity contribution in [2.45, 2.75) is 6.92 Å². The molecule has 2 N–H and O–H groups in total. The van der Waals surface area contributed by atoms with Crippen LogP contribution in [-0.2, 0) is 0 Å². The molecule has 2 rings (SSSR count). The van der Waals surface area contributed by atoms with Gasteiger partial charge < -0.3 is 4.74 Å². The minimum Gasteiger partial charge on any atom is -0.466 e. The zero-order valence-electron chi connectivity index (χ0n) is 9.82. The number of H-pyrrole nitrogens is 1. The number of carbonyl (C=O) groups excluding carboxylic acids is 1. The van der Waals surface area contributed by atoms with Crippen LogP contribution in [0.4, 0.5) is 5.95 Å². The molecule has 18 heavy (non-hydrogen) atoms. The van der Waals surface area contributed by atoms with Gasteiger partial charge in [0, 0.05) is 10.0 Å². The van der Waals surface area contributed by atoms with Crippen LogP contribution >= 0.6 is 15.9 Å². The maximum absolute atomic E-state index is 11.9. The number of aromatic nitrogens is 3. The number of rotatable bonds is 3. The van der Waals surface area contributed by atoms with E-state index >= 15 is 0 Å². The SMILES string of the molecule is COc1n[nH]c(NC(=O)c2ccc(C)c(Br)c2)n1. The molecule has 0 aliphatic carbocycles. The van der Waals surface area contributed by atoms with Crippen LogP contribution in [0.2, 0.25) is 0 Å². The summed E-state index contributed by atoms with van der Waals surface area (Å²) in [6.07, 6.45) is 0. The summed E-state index contributed by atoms with van der Waals surface area (Å²) in [5.41, 5.74) is 1.59. The lowest BCUT2D eigenvalue weighted by atomic mass is 10.1. The molecular formula is C11H11BrN4O2. The summed E-state index contributed by atoms with van der Waals surface area (Å²) in [5.74, 6) is -0.0250. The second-order valence-corrected chi connectivity index (χ2v) is 4.44. The third kappa shape index (κ3) is 2.67. The van der Waals surface area contributed by atoms with Crippen molar-refractivity contribution in [1.82, 2.24) is 15.2 Å². The van der Waals surface area contributed by atoms with Crippen molar-refractivity contribution >= 4 is 27.8 Å². The van der Waals surface area contributed by atoms with Gasteiger partial charge in [-0.25, -0.2) is 5.10 Å². The van der Waals surface area contributed by atoms with Crippen molar-refractivity contribution in [1.29, 1.82) is 0 Å². The van der Waals surface area contributed by atoms with E-state index in [9.17, 15) is 4.79 Å². The third-order valence-corrected chi connectivity index (χ3v) is 3.17. The van der Waals surface area contributed by atoms with Crippen LogP contribution in [0.15, 0.2) is 22.7 Å². The molecule has 2 aromatic rings. The second kappa shape index (κ2) is 5.18. The maximum Gasteiger partial charge on any atom is 0.336 e. The average Bonchev–Trinajstić information content (AvgIpc) is 2.80. The number of aryl methyl sites for hydroxylation is 1. The molecule has 94 valence electrons. The van der Waals surface area contributed by atoms with E-state index in [4.69, 9.17) is 4.74 Å². The van der Waals surface area contributed by atoms with E-state index in [2.05, 4.69) is 36.4 Å². The van der Waals surface area contributed by atoms with Gasteiger partial charge in [0.25, 0.3) is 5.91 Å². The van der Waals surface area contributed by atoms with E-state index in [0.29, 0.717) is 5.56 Å². The zero-order chi connectivity index (χ0) is 13.1. The monoisotopic (exact) mass is 310 g/mol. The van der Waals surface area contributed by atoms with Crippen LogP contribution in [0, 0.1) is 6.92 Å². The quantitative estimate of drug-likeness (QED) is 0.910. The summed E-state index contributed by atoms with van der Waals surface area (Å²) < 4.78 is 5.68. The van der Waals surface area contributed by atoms with Gasteiger partial charge in [0.1, 0.15) is 0 Å². The normalized spacial score (nSPS) is 10.2. The van der Waals surface area contributed by atoms with Crippen molar-refractivity contribution in [3.8, 4) is 6.01 Å². The number of hydrogen-bond acceptors (Lipinski definition) is 4. The molecule has 0 spiro atoms. The molecule has 1 amide bonds. The molecule has 1 heterocycles. The van der Waals surface area contributed by atoms with Gasteiger partial charge in [0.2, 0.25) is 5.95 Å². The Bertz CT molecular complexity index is 582. The molecule has 0 fully saturated rings. The van der Waals surface area contributed by atoms with Crippen LogP contribution in [0.5, 0.6) is 6.01 Å². The maximum atomic E-state index is 11.9. The number of benzene rings is 1. The number of nitrogens with zero attached hydrogens (tertiary/aromatic N) is 2. The number of nitrogens with one attached hydrogen (secondary N) is 2. The minimum absolute atomic E-state index is 0.176. The fourth-order valence-corrected chi connectivity index (χ4v) is 1.69. The number of carbonyl (C=O) groups is 1. The standard InChI is InChI=1S/C11H11BrN4O2/c1-6-3-4-7(5-8(6)12)9(17)13-10-14-11(18-2)16-15-10/h3-5H,1-2H3,(H2,13,14,15,16,17). The zero-order valence-corrected chi connectivity index (χ0v) is 11.4. The lowest BCUT2D eigenvalue weighted by Crippen LogP contribution is -2.13. The Morgan fingerprint density at radius 2 is 2.28 bits per heavy atom. The Morgan fingerprint density at radius 1 is 1.50 bits per heavy atom. The summed E-state index contributed by atoms with van der Waals surface area (Å²) in [6, 6.07) is 5.52. The van der Waals surface area contributed by atoms with Crippen LogP contribution < -0.4 is 10.1 Å². The number of methoxy groups -OCH3 is 1. The van der Waals surface area contributed by atoms with Crippen LogP contribution in [-0.4, -0.2) is 28.2 Å². The van der Waals surface area contributed by atoms with Gasteiger partial charge in [-0.1, -0.05) is 22.0 Å². The van der Waals surface area contributed by atoms with Crippen molar-refractivity contribution in [2.24, 2.45) is 0 Å². The van der Waals surface area contributed by atoms with Crippen molar-refractivity contribution in [2.75, 3.05) is 12.4 Å². The lowest BCUT2D eigenvalue weighted by Gasteiger charge is -2.03. The van der Waals surface area contributed by atoms with Gasteiger partial charge >= 0.3 is 6.01 Å². The molecule has 6 nitrogen and oxygen atoms in total. The molecule has 7 heteroatoms. The molecule has 0 radical (unpaired) electrons. The van der Waals surface area contributed by atoms with Gasteiger partial charge in [-0.2, -0.15) is 4.98 Å². The molecule has 0 saturated heterocycles. The van der Waals surface area contributed by atoms with Gasteiger partial charge in [-0.3, -0.25) is 10.1 Å². The highest BCUT2D eigenvalue weighted by Crippen LogP contribution is 2.18. The first-order valence-electron chi connectivity index (χ1n) is 5.14. The number of anilines is 1. The number of hydrogen-bond donors (Lipinski definition) is 2. The first kappa shape index (κ1) is 12.6. The highest BCUT2D eigenvalue weighted by atomic mass is 79.9. The van der Waals surface area contributed by atoms with Crippen LogP contribution in [0.25, 0.3) is 0 Å². The largest absolute Gasteiger partial charge is 0.466 e. The van der Waals surface area contributed by atoms with Crippen molar-refractivity contribution < 1.29 is 9.53 Å². The Morgan fingerprint density at radius 3 is 2.89 bits per heavy atom. The highest BCUT2D eigenvalue weighted by Gasteiger charge is 2.10. The number of aromatic amines is 1. The molecule has 0 atom stereocenters. The van der Waals surface area contributed by atoms with E-state index in [-0.39, 0.29) is 17.9 Å². The van der Waals surface area contributed by atoms with E-state index in [1.54, 1.807) is 12.1 Å². The second-order valence-electron chi connectivity index (χ2n) is 3.59. The van der Waals surface area contributed by atoms with E-state index in [1.807, 2.05) is 13.0 Å². The fourth-order valence-electron chi connectivity index (χ4n) is 1.31. The summed E-state index contributed by atoms with van der Waals surface area (Å²) in [5, 5.41) is 8.87. The lowest BCUT2D eigenvalue weighted by molar-refractivity contribution is 0.102. The smallest absolute Gasteiger partial charge is 0.336 e. The van der Waals surface area contributed by atoms with Crippen molar-refractivity contribution in [3.63, 3.8) is 0 Å². The van der Waals surface area contributed by atoms with Crippen molar-refractivity contribution in [3.05, 3.63) is 33.8 Å². The average molecular weight is 311 g/mol. The van der Waals surface area contributed by atoms with E-state index < -0.39 is 0 Å². The van der Waals surface area contributed by atoms with Gasteiger partial charge in [0.15, 0.2) is 0 Å². The summed E-state index contributed by atoms with van der Waals surface area (Å²) in [4.78, 5) is 15.8. The topological polar surface area (TPSA) is 79.9 Å². The molecule has 0 aliphatic rings. The first-order chi connectivity index (χ1) is 8.60.